The van der Waals surface area contributed by atoms with Crippen LogP contribution in [0.2, 0.25) is 0 Å². The zero-order chi connectivity index (χ0) is 9.07. The number of thiol groups is 1. The zero-order valence-corrected chi connectivity index (χ0v) is 10.5. The molecule has 68 valence electrons. The van der Waals surface area contributed by atoms with Crippen LogP contribution in [0, 0.1) is 11.8 Å². The second-order valence-electron chi connectivity index (χ2n) is 4.00. The minimum atomic E-state index is -1.28. The van der Waals surface area contributed by atoms with E-state index in [4.69, 9.17) is 11.8 Å². The third kappa shape index (κ3) is 7.36. The van der Waals surface area contributed by atoms with Crippen LogP contribution in [-0.2, 0) is 11.8 Å². The summed E-state index contributed by atoms with van der Waals surface area (Å²) in [6.45, 7) is 8.88. The molecular formula is C8H19PS2. The van der Waals surface area contributed by atoms with Gasteiger partial charge in [0.1, 0.15) is 0 Å². The average Bonchev–Trinajstić information content (AvgIpc) is 1.53. The summed E-state index contributed by atoms with van der Waals surface area (Å²) in [6.07, 6.45) is 2.28. The van der Waals surface area contributed by atoms with Gasteiger partial charge in [0.15, 0.2) is 0 Å². The molecule has 0 saturated heterocycles. The smallest absolute Gasteiger partial charge is 0.00393 e. The number of rotatable bonds is 4. The van der Waals surface area contributed by atoms with Gasteiger partial charge in [-0.2, -0.15) is 0 Å². The van der Waals surface area contributed by atoms with Crippen LogP contribution in [0.15, 0.2) is 0 Å². The van der Waals surface area contributed by atoms with E-state index in [1.807, 2.05) is 0 Å². The molecule has 0 aromatic rings. The Labute approximate surface area is 81.3 Å². The first kappa shape index (κ1) is 12.0. The van der Waals surface area contributed by atoms with Crippen LogP contribution in [0.3, 0.4) is 0 Å². The van der Waals surface area contributed by atoms with Crippen molar-refractivity contribution in [2.45, 2.75) is 27.7 Å². The first-order valence-corrected chi connectivity index (χ1v) is 8.47. The molecule has 0 N–H and O–H groups in total. The second-order valence-corrected chi connectivity index (χ2v) is 11.6. The Morgan fingerprint density at radius 1 is 1.09 bits per heavy atom. The summed E-state index contributed by atoms with van der Waals surface area (Å²) in [5.41, 5.74) is 0. The van der Waals surface area contributed by atoms with E-state index < -0.39 is 5.24 Å². The Balaban J connectivity index is 3.91. The quantitative estimate of drug-likeness (QED) is 0.546. The van der Waals surface area contributed by atoms with Crippen LogP contribution in [0.4, 0.5) is 0 Å². The molecule has 0 aromatic carbocycles. The zero-order valence-electron chi connectivity index (χ0n) is 7.87. The third-order valence-corrected chi connectivity index (χ3v) is 5.78. The van der Waals surface area contributed by atoms with Gasteiger partial charge < -0.3 is 0 Å². The largest absolute Gasteiger partial charge is 0.141 e. The normalized spacial score (nSPS) is 13.0. The summed E-state index contributed by atoms with van der Waals surface area (Å²) in [4.78, 5) is 0. The predicted octanol–water partition coefficient (Wildman–Crippen LogP) is 3.62. The van der Waals surface area contributed by atoms with Gasteiger partial charge in [-0.15, -0.1) is 12.2 Å². The highest BCUT2D eigenvalue weighted by Crippen LogP contribution is 2.53. The fourth-order valence-electron chi connectivity index (χ4n) is 1.22. The molecule has 0 bridgehead atoms. The minimum Gasteiger partial charge on any atom is -0.141 e. The summed E-state index contributed by atoms with van der Waals surface area (Å²) < 4.78 is 0. The van der Waals surface area contributed by atoms with Crippen LogP contribution < -0.4 is 0 Å². The lowest BCUT2D eigenvalue weighted by Crippen LogP contribution is -2.01. The molecule has 0 aliphatic rings. The standard InChI is InChI=1S/C8H19PS2/c1-7(2)5-9(10,11)6-8(3)4/h7-8H,5-6H2,1-4H3,(H,10,11). The number of hydrogen-bond acceptors (Lipinski definition) is 1. The summed E-state index contributed by atoms with van der Waals surface area (Å²) in [7, 11) is 0. The van der Waals surface area contributed by atoms with Crippen LogP contribution in [0.5, 0.6) is 0 Å². The van der Waals surface area contributed by atoms with Crippen molar-refractivity contribution in [3.63, 3.8) is 0 Å². The Bertz CT molecular complexity index is 138. The molecule has 0 rings (SSSR count). The lowest BCUT2D eigenvalue weighted by molar-refractivity contribution is 0.723. The maximum absolute atomic E-state index is 5.47. The molecule has 0 fully saturated rings. The molecule has 0 saturated carbocycles. The highest BCUT2D eigenvalue weighted by Gasteiger charge is 2.14. The molecule has 0 amide bonds. The topological polar surface area (TPSA) is 0 Å². The molecule has 0 heterocycles. The summed E-state index contributed by atoms with van der Waals surface area (Å²) in [5.74, 6) is 1.41. The molecule has 0 aliphatic carbocycles. The van der Waals surface area contributed by atoms with Crippen molar-refractivity contribution in [1.82, 2.24) is 0 Å². The van der Waals surface area contributed by atoms with E-state index in [1.54, 1.807) is 0 Å². The first-order chi connectivity index (χ1) is 4.83. The molecule has 11 heavy (non-hydrogen) atoms. The molecule has 0 atom stereocenters. The highest BCUT2D eigenvalue weighted by atomic mass is 32.9. The van der Waals surface area contributed by atoms with E-state index >= 15 is 0 Å². The minimum absolute atomic E-state index is 0.706. The maximum Gasteiger partial charge on any atom is 0.00393 e. The predicted molar refractivity (Wildman–Crippen MR) is 62.7 cm³/mol. The van der Waals surface area contributed by atoms with Gasteiger partial charge in [-0.25, -0.2) is 0 Å². The van der Waals surface area contributed by atoms with Gasteiger partial charge in [-0.05, 0) is 24.2 Å². The van der Waals surface area contributed by atoms with E-state index in [-0.39, 0.29) is 0 Å². The number of hydrogen-bond donors (Lipinski definition) is 1. The van der Waals surface area contributed by atoms with Crippen molar-refractivity contribution in [2.24, 2.45) is 11.8 Å². The Morgan fingerprint density at radius 2 is 1.36 bits per heavy atom. The van der Waals surface area contributed by atoms with Gasteiger partial charge >= 0.3 is 0 Å². The maximum atomic E-state index is 5.47. The van der Waals surface area contributed by atoms with Gasteiger partial charge in [0.05, 0.1) is 0 Å². The lowest BCUT2D eigenvalue weighted by atomic mass is 10.3. The van der Waals surface area contributed by atoms with Crippen molar-refractivity contribution < 1.29 is 0 Å². The van der Waals surface area contributed by atoms with Crippen LogP contribution in [-0.4, -0.2) is 12.3 Å². The van der Waals surface area contributed by atoms with E-state index in [0.29, 0.717) is 11.8 Å². The van der Waals surface area contributed by atoms with Crippen molar-refractivity contribution in [3.8, 4) is 0 Å². The van der Waals surface area contributed by atoms with Gasteiger partial charge in [-0.3, -0.25) is 0 Å². The Morgan fingerprint density at radius 3 is 1.55 bits per heavy atom. The van der Waals surface area contributed by atoms with Gasteiger partial charge in [0.25, 0.3) is 0 Å². The van der Waals surface area contributed by atoms with Crippen LogP contribution in [0.25, 0.3) is 0 Å². The van der Waals surface area contributed by atoms with Crippen molar-refractivity contribution in [2.75, 3.05) is 12.3 Å². The SMILES string of the molecule is CC(C)CP(=S)(S)CC(C)C. The third-order valence-electron chi connectivity index (χ3n) is 1.30. The van der Waals surface area contributed by atoms with Gasteiger partial charge in [0, 0.05) is 5.24 Å². The van der Waals surface area contributed by atoms with Gasteiger partial charge in [-0.1, -0.05) is 39.5 Å². The lowest BCUT2D eigenvalue weighted by Gasteiger charge is -2.19. The van der Waals surface area contributed by atoms with E-state index in [2.05, 4.69) is 39.9 Å². The van der Waals surface area contributed by atoms with Crippen LogP contribution in [0.1, 0.15) is 27.7 Å². The average molecular weight is 210 g/mol. The van der Waals surface area contributed by atoms with E-state index in [9.17, 15) is 0 Å². The fourth-order valence-corrected chi connectivity index (χ4v) is 7.40. The highest BCUT2D eigenvalue weighted by molar-refractivity contribution is 8.63. The molecule has 0 unspecified atom stereocenters. The van der Waals surface area contributed by atoms with E-state index in [0.717, 1.165) is 12.3 Å². The van der Waals surface area contributed by atoms with Crippen molar-refractivity contribution >= 4 is 29.3 Å². The summed E-state index contributed by atoms with van der Waals surface area (Å²) in [5, 5.41) is -1.28. The van der Waals surface area contributed by atoms with Crippen LogP contribution >= 0.6 is 17.5 Å². The van der Waals surface area contributed by atoms with E-state index in [1.165, 1.54) is 0 Å². The van der Waals surface area contributed by atoms with Crippen molar-refractivity contribution in [1.29, 1.82) is 0 Å². The van der Waals surface area contributed by atoms with Crippen molar-refractivity contribution in [3.05, 3.63) is 0 Å². The fraction of sp³-hybridized carbons (Fsp3) is 1.00. The molecule has 0 aliphatic heterocycles. The molecular weight excluding hydrogens is 191 g/mol. The molecule has 0 radical (unpaired) electrons. The summed E-state index contributed by atoms with van der Waals surface area (Å²) >= 11 is 10.1. The second kappa shape index (κ2) is 4.89. The molecule has 0 aromatic heterocycles. The first-order valence-electron chi connectivity index (χ1n) is 4.14. The summed E-state index contributed by atoms with van der Waals surface area (Å²) in [6, 6.07) is 0. The molecule has 0 nitrogen and oxygen atoms in total. The van der Waals surface area contributed by atoms with Gasteiger partial charge in [0.2, 0.25) is 0 Å². The molecule has 0 spiro atoms. The Hall–Kier alpha value is 1.00. The Kier molecular flexibility index (Phi) is 5.33. The molecule has 3 heteroatoms. The monoisotopic (exact) mass is 210 g/mol.